The third kappa shape index (κ3) is 3.21. The summed E-state index contributed by atoms with van der Waals surface area (Å²) in [5.41, 5.74) is 2.68. The molecule has 1 unspecified atom stereocenters. The Balaban J connectivity index is 1.67. The van der Waals surface area contributed by atoms with E-state index in [0.29, 0.717) is 23.4 Å². The highest BCUT2D eigenvalue weighted by atomic mass is 16.2. The molecule has 2 aromatic carbocycles. The number of benzene rings is 2. The van der Waals surface area contributed by atoms with Gasteiger partial charge in [0.25, 0.3) is 11.8 Å². The molecule has 0 saturated carbocycles. The zero-order chi connectivity index (χ0) is 22.1. The lowest BCUT2D eigenvalue weighted by atomic mass is 9.86. The first-order valence-corrected chi connectivity index (χ1v) is 11.3. The van der Waals surface area contributed by atoms with Crippen LogP contribution in [0.3, 0.4) is 0 Å². The number of amides is 2. The molecule has 6 heteroatoms. The Hall–Kier alpha value is -3.43. The summed E-state index contributed by atoms with van der Waals surface area (Å²) >= 11 is 0. The van der Waals surface area contributed by atoms with Crippen molar-refractivity contribution in [3.8, 4) is 6.07 Å². The van der Waals surface area contributed by atoms with E-state index in [1.165, 1.54) is 0 Å². The lowest BCUT2D eigenvalue weighted by molar-refractivity contribution is -0.139. The van der Waals surface area contributed by atoms with Crippen LogP contribution in [0.1, 0.15) is 53.6 Å². The standard InChI is InChI=1S/C26H26N4O2/c27-18-19-10-12-20(13-11-19)22-23(28-24(31)21-8-3-1-4-9-21)25(32)30-17-7-16-29-15-6-2-5-14-26(22,29)30/h1,3-4,8-13H,2,5-7,14-17H2,(H,28,31). The first kappa shape index (κ1) is 20.5. The molecule has 32 heavy (non-hydrogen) atoms. The number of carbonyl (C=O) groups excluding carboxylic acids is 2. The molecule has 5 rings (SSSR count). The smallest absolute Gasteiger partial charge is 0.272 e. The van der Waals surface area contributed by atoms with Gasteiger partial charge in [0.1, 0.15) is 11.4 Å². The van der Waals surface area contributed by atoms with Gasteiger partial charge >= 0.3 is 0 Å². The van der Waals surface area contributed by atoms with Gasteiger partial charge in [0, 0.05) is 30.8 Å². The summed E-state index contributed by atoms with van der Waals surface area (Å²) in [5, 5.41) is 12.2. The van der Waals surface area contributed by atoms with Crippen molar-refractivity contribution in [3.05, 3.63) is 77.0 Å². The lowest BCUT2D eigenvalue weighted by Crippen LogP contribution is -2.63. The second-order valence-electron chi connectivity index (χ2n) is 8.68. The molecule has 2 aromatic rings. The number of rotatable bonds is 3. The molecule has 0 aliphatic carbocycles. The fourth-order valence-corrected chi connectivity index (χ4v) is 5.51. The second kappa shape index (κ2) is 8.25. The summed E-state index contributed by atoms with van der Waals surface area (Å²) in [5.74, 6) is -0.392. The quantitative estimate of drug-likeness (QED) is 0.815. The third-order valence-corrected chi connectivity index (χ3v) is 6.92. The Bertz CT molecular complexity index is 1120. The van der Waals surface area contributed by atoms with Crippen LogP contribution in [-0.2, 0) is 4.79 Å². The molecule has 3 aliphatic rings. The molecule has 1 atom stereocenters. The lowest BCUT2D eigenvalue weighted by Gasteiger charge is -2.51. The van der Waals surface area contributed by atoms with Gasteiger partial charge in [-0.2, -0.15) is 5.26 Å². The average molecular weight is 427 g/mol. The maximum atomic E-state index is 13.7. The Morgan fingerprint density at radius 1 is 0.938 bits per heavy atom. The molecule has 0 aromatic heterocycles. The Kier molecular flexibility index (Phi) is 5.28. The van der Waals surface area contributed by atoms with Crippen LogP contribution in [-0.4, -0.2) is 46.9 Å². The van der Waals surface area contributed by atoms with E-state index in [-0.39, 0.29) is 11.8 Å². The summed E-state index contributed by atoms with van der Waals surface area (Å²) in [4.78, 5) is 31.3. The van der Waals surface area contributed by atoms with Gasteiger partial charge in [0.2, 0.25) is 0 Å². The van der Waals surface area contributed by atoms with Gasteiger partial charge in [0.05, 0.1) is 11.6 Å². The van der Waals surface area contributed by atoms with Gasteiger partial charge in [0.15, 0.2) is 0 Å². The normalized spacial score (nSPS) is 23.2. The van der Waals surface area contributed by atoms with E-state index in [0.717, 1.165) is 56.3 Å². The Morgan fingerprint density at radius 3 is 2.44 bits per heavy atom. The molecule has 2 saturated heterocycles. The van der Waals surface area contributed by atoms with Crippen LogP contribution in [0.5, 0.6) is 0 Å². The number of carbonyl (C=O) groups is 2. The topological polar surface area (TPSA) is 76.4 Å². The van der Waals surface area contributed by atoms with Crippen molar-refractivity contribution in [2.75, 3.05) is 19.6 Å². The fraction of sp³-hybridized carbons (Fsp3) is 0.346. The minimum Gasteiger partial charge on any atom is -0.317 e. The van der Waals surface area contributed by atoms with Crippen molar-refractivity contribution in [3.63, 3.8) is 0 Å². The van der Waals surface area contributed by atoms with Gasteiger partial charge in [-0.25, -0.2) is 0 Å². The first-order valence-electron chi connectivity index (χ1n) is 11.3. The minimum atomic E-state index is -0.542. The molecule has 3 aliphatic heterocycles. The molecule has 3 heterocycles. The molecule has 0 radical (unpaired) electrons. The number of nitrogens with one attached hydrogen (secondary N) is 1. The molecule has 2 amide bonds. The third-order valence-electron chi connectivity index (χ3n) is 6.92. The molecular formula is C26H26N4O2. The number of hydrogen-bond donors (Lipinski definition) is 1. The molecule has 1 N–H and O–H groups in total. The highest BCUT2D eigenvalue weighted by molar-refractivity contribution is 6.12. The molecule has 0 bridgehead atoms. The molecule has 1 spiro atoms. The van der Waals surface area contributed by atoms with Crippen molar-refractivity contribution >= 4 is 17.4 Å². The Labute approximate surface area is 188 Å². The molecular weight excluding hydrogens is 400 g/mol. The van der Waals surface area contributed by atoms with E-state index < -0.39 is 5.66 Å². The summed E-state index contributed by atoms with van der Waals surface area (Å²) < 4.78 is 0. The Morgan fingerprint density at radius 2 is 1.69 bits per heavy atom. The average Bonchev–Trinajstić information content (AvgIpc) is 2.96. The van der Waals surface area contributed by atoms with E-state index >= 15 is 0 Å². The van der Waals surface area contributed by atoms with Crippen molar-refractivity contribution in [2.45, 2.75) is 37.8 Å². The maximum absolute atomic E-state index is 13.7. The summed E-state index contributed by atoms with van der Waals surface area (Å²) in [6.07, 6.45) is 5.04. The van der Waals surface area contributed by atoms with Crippen molar-refractivity contribution < 1.29 is 9.59 Å². The van der Waals surface area contributed by atoms with Crippen molar-refractivity contribution in [1.29, 1.82) is 5.26 Å². The summed E-state index contributed by atoms with van der Waals surface area (Å²) in [6.45, 7) is 2.55. The summed E-state index contributed by atoms with van der Waals surface area (Å²) in [6, 6.07) is 18.5. The molecule has 2 fully saturated rings. The number of hydrogen-bond acceptors (Lipinski definition) is 4. The second-order valence-corrected chi connectivity index (χ2v) is 8.68. The van der Waals surface area contributed by atoms with Gasteiger partial charge in [-0.05, 0) is 55.5 Å². The van der Waals surface area contributed by atoms with Crippen LogP contribution in [0.15, 0.2) is 60.3 Å². The molecule has 162 valence electrons. The van der Waals surface area contributed by atoms with Crippen LogP contribution < -0.4 is 5.32 Å². The minimum absolute atomic E-state index is 0.111. The van der Waals surface area contributed by atoms with Gasteiger partial charge in [-0.1, -0.05) is 36.8 Å². The van der Waals surface area contributed by atoms with Crippen LogP contribution in [0.2, 0.25) is 0 Å². The predicted octanol–water partition coefficient (Wildman–Crippen LogP) is 3.52. The predicted molar refractivity (Wildman–Crippen MR) is 121 cm³/mol. The SMILES string of the molecule is N#Cc1ccc(C2=C(NC(=O)c3ccccc3)C(=O)N3CCCN4CCCCCC243)cc1. The van der Waals surface area contributed by atoms with Crippen molar-refractivity contribution in [1.82, 2.24) is 15.1 Å². The highest BCUT2D eigenvalue weighted by Gasteiger charge is 2.57. The van der Waals surface area contributed by atoms with E-state index in [1.807, 2.05) is 35.2 Å². The monoisotopic (exact) mass is 426 g/mol. The van der Waals surface area contributed by atoms with E-state index in [4.69, 9.17) is 0 Å². The van der Waals surface area contributed by atoms with E-state index in [9.17, 15) is 14.9 Å². The first-order chi connectivity index (χ1) is 15.6. The van der Waals surface area contributed by atoms with Crippen LogP contribution in [0, 0.1) is 11.3 Å². The van der Waals surface area contributed by atoms with Gasteiger partial charge in [-0.15, -0.1) is 0 Å². The van der Waals surface area contributed by atoms with Gasteiger partial charge < -0.3 is 10.2 Å². The molecule has 6 nitrogen and oxygen atoms in total. The maximum Gasteiger partial charge on any atom is 0.272 e. The zero-order valence-electron chi connectivity index (χ0n) is 18.0. The zero-order valence-corrected chi connectivity index (χ0v) is 18.0. The number of nitrogens with zero attached hydrogens (tertiary/aromatic N) is 3. The van der Waals surface area contributed by atoms with E-state index in [1.54, 1.807) is 24.3 Å². The van der Waals surface area contributed by atoms with Crippen LogP contribution >= 0.6 is 0 Å². The van der Waals surface area contributed by atoms with Gasteiger partial charge in [-0.3, -0.25) is 14.5 Å². The largest absolute Gasteiger partial charge is 0.317 e. The highest BCUT2D eigenvalue weighted by Crippen LogP contribution is 2.49. The van der Waals surface area contributed by atoms with Crippen LogP contribution in [0.4, 0.5) is 0 Å². The van der Waals surface area contributed by atoms with Crippen molar-refractivity contribution in [2.24, 2.45) is 0 Å². The summed E-state index contributed by atoms with van der Waals surface area (Å²) in [7, 11) is 0. The number of nitriles is 1. The fourth-order valence-electron chi connectivity index (χ4n) is 5.51. The van der Waals surface area contributed by atoms with Crippen LogP contribution in [0.25, 0.3) is 5.57 Å². The van der Waals surface area contributed by atoms with E-state index in [2.05, 4.69) is 16.3 Å².